The molecule has 0 aliphatic carbocycles. The molecule has 1 fully saturated rings. The zero-order valence-electron chi connectivity index (χ0n) is 15.3. The molecule has 1 aliphatic rings. The van der Waals surface area contributed by atoms with Crippen LogP contribution in [0.3, 0.4) is 0 Å². The Labute approximate surface area is 157 Å². The van der Waals surface area contributed by atoms with Crippen LogP contribution in [0.2, 0.25) is 0 Å². The van der Waals surface area contributed by atoms with Crippen molar-refractivity contribution >= 4 is 5.97 Å². The molecular formula is C20H24N2O5. The van der Waals surface area contributed by atoms with Gasteiger partial charge in [-0.2, -0.15) is 0 Å². The Kier molecular flexibility index (Phi) is 5.62. The molecule has 2 heterocycles. The zero-order valence-corrected chi connectivity index (χ0v) is 15.3. The number of pyridine rings is 1. The van der Waals surface area contributed by atoms with Crippen LogP contribution in [-0.4, -0.2) is 52.4 Å². The second kappa shape index (κ2) is 7.94. The van der Waals surface area contributed by atoms with Crippen LogP contribution in [0.15, 0.2) is 47.4 Å². The third kappa shape index (κ3) is 4.20. The minimum atomic E-state index is -1.21. The van der Waals surface area contributed by atoms with E-state index in [4.69, 9.17) is 9.84 Å². The van der Waals surface area contributed by atoms with Crippen LogP contribution < -0.4 is 10.3 Å². The van der Waals surface area contributed by atoms with E-state index in [0.29, 0.717) is 39.0 Å². The van der Waals surface area contributed by atoms with E-state index in [1.807, 2.05) is 24.3 Å². The van der Waals surface area contributed by atoms with E-state index in [1.165, 1.54) is 10.6 Å². The monoisotopic (exact) mass is 372 g/mol. The summed E-state index contributed by atoms with van der Waals surface area (Å²) in [5, 5.41) is 20.0. The van der Waals surface area contributed by atoms with Gasteiger partial charge in [-0.25, -0.2) is 4.79 Å². The largest absolute Gasteiger partial charge is 0.497 e. The van der Waals surface area contributed by atoms with Crippen LogP contribution in [0.4, 0.5) is 0 Å². The molecule has 0 saturated carbocycles. The summed E-state index contributed by atoms with van der Waals surface area (Å²) in [4.78, 5) is 25.4. The van der Waals surface area contributed by atoms with Crippen molar-refractivity contribution in [2.75, 3.05) is 26.7 Å². The number of nitrogens with zero attached hydrogens (tertiary/aromatic N) is 2. The molecule has 27 heavy (non-hydrogen) atoms. The van der Waals surface area contributed by atoms with Gasteiger partial charge in [-0.3, -0.25) is 4.79 Å². The fraction of sp³-hybridized carbons (Fsp3) is 0.400. The predicted octanol–water partition coefficient (Wildman–Crippen LogP) is 1.54. The third-order valence-electron chi connectivity index (χ3n) is 5.22. The average Bonchev–Trinajstić information content (AvgIpc) is 2.68. The molecule has 3 rings (SSSR count). The van der Waals surface area contributed by atoms with Gasteiger partial charge in [0.1, 0.15) is 11.3 Å². The third-order valence-corrected chi connectivity index (χ3v) is 5.22. The SMILES string of the molecule is COc1ccc(C2(O)CCN(CCn3cccc(C(=O)O)c3=O)CC2)cc1. The Bertz CT molecular complexity index is 851. The molecule has 0 spiro atoms. The van der Waals surface area contributed by atoms with E-state index in [2.05, 4.69) is 4.90 Å². The van der Waals surface area contributed by atoms with E-state index < -0.39 is 17.1 Å². The summed E-state index contributed by atoms with van der Waals surface area (Å²) in [6.07, 6.45) is 2.80. The number of hydrogen-bond acceptors (Lipinski definition) is 5. The van der Waals surface area contributed by atoms with E-state index in [1.54, 1.807) is 19.4 Å². The zero-order chi connectivity index (χ0) is 19.4. The first-order valence-corrected chi connectivity index (χ1v) is 8.95. The first kappa shape index (κ1) is 19.1. The number of carboxylic acid groups (broad SMARTS) is 1. The van der Waals surface area contributed by atoms with Crippen LogP contribution in [-0.2, 0) is 12.1 Å². The van der Waals surface area contributed by atoms with Crippen LogP contribution in [0, 0.1) is 0 Å². The second-order valence-corrected chi connectivity index (χ2v) is 6.83. The molecule has 0 unspecified atom stereocenters. The topological polar surface area (TPSA) is 92.0 Å². The Balaban J connectivity index is 1.59. The van der Waals surface area contributed by atoms with Gasteiger partial charge in [0.05, 0.1) is 12.7 Å². The van der Waals surface area contributed by atoms with E-state index in [0.717, 1.165) is 11.3 Å². The maximum Gasteiger partial charge on any atom is 0.341 e. The maximum atomic E-state index is 12.1. The van der Waals surface area contributed by atoms with Crippen molar-refractivity contribution in [2.45, 2.75) is 25.0 Å². The Morgan fingerprint density at radius 1 is 1.15 bits per heavy atom. The number of piperidine rings is 1. The molecule has 7 heteroatoms. The summed E-state index contributed by atoms with van der Waals surface area (Å²) in [6, 6.07) is 10.4. The minimum Gasteiger partial charge on any atom is -0.497 e. The van der Waals surface area contributed by atoms with Crippen molar-refractivity contribution < 1.29 is 19.7 Å². The Hall–Kier alpha value is -2.64. The number of aromatic carboxylic acids is 1. The summed E-state index contributed by atoms with van der Waals surface area (Å²) in [7, 11) is 1.61. The Morgan fingerprint density at radius 2 is 1.81 bits per heavy atom. The van der Waals surface area contributed by atoms with E-state index in [-0.39, 0.29) is 5.56 Å². The maximum absolute atomic E-state index is 12.1. The highest BCUT2D eigenvalue weighted by molar-refractivity contribution is 5.86. The van der Waals surface area contributed by atoms with Crippen molar-refractivity contribution in [1.82, 2.24) is 9.47 Å². The first-order chi connectivity index (χ1) is 12.9. The van der Waals surface area contributed by atoms with Gasteiger partial charge in [0.2, 0.25) is 0 Å². The standard InChI is InChI=1S/C20H24N2O5/c1-27-16-6-4-15(5-7-16)20(26)8-11-21(12-9-20)13-14-22-10-2-3-17(18(22)23)19(24)25/h2-7,10,26H,8-9,11-14H2,1H3,(H,24,25). The first-order valence-electron chi connectivity index (χ1n) is 8.95. The lowest BCUT2D eigenvalue weighted by Gasteiger charge is -2.38. The number of hydrogen-bond donors (Lipinski definition) is 2. The van der Waals surface area contributed by atoms with Gasteiger partial charge in [0.25, 0.3) is 5.56 Å². The molecule has 0 amide bonds. The quantitative estimate of drug-likeness (QED) is 0.799. The van der Waals surface area contributed by atoms with Crippen LogP contribution in [0.5, 0.6) is 5.75 Å². The highest BCUT2D eigenvalue weighted by atomic mass is 16.5. The normalized spacial score (nSPS) is 16.8. The van der Waals surface area contributed by atoms with Crippen molar-refractivity contribution in [1.29, 1.82) is 0 Å². The molecule has 1 aromatic carbocycles. The predicted molar refractivity (Wildman–Crippen MR) is 100 cm³/mol. The highest BCUT2D eigenvalue weighted by Crippen LogP contribution is 2.33. The summed E-state index contributed by atoms with van der Waals surface area (Å²) in [6.45, 7) is 2.45. The van der Waals surface area contributed by atoms with Gasteiger partial charge in [-0.05, 0) is 42.7 Å². The molecule has 144 valence electrons. The summed E-state index contributed by atoms with van der Waals surface area (Å²) >= 11 is 0. The number of aromatic nitrogens is 1. The molecule has 0 atom stereocenters. The lowest BCUT2D eigenvalue weighted by Crippen LogP contribution is -2.44. The Morgan fingerprint density at radius 3 is 2.41 bits per heavy atom. The van der Waals surface area contributed by atoms with E-state index in [9.17, 15) is 14.7 Å². The summed E-state index contributed by atoms with van der Waals surface area (Å²) in [5.74, 6) is -0.453. The fourth-order valence-electron chi connectivity index (χ4n) is 3.46. The van der Waals surface area contributed by atoms with Gasteiger partial charge in [0, 0.05) is 32.4 Å². The lowest BCUT2D eigenvalue weighted by atomic mass is 9.84. The van der Waals surface area contributed by atoms with Crippen molar-refractivity contribution in [3.8, 4) is 5.75 Å². The molecule has 0 bridgehead atoms. The molecule has 1 aliphatic heterocycles. The fourth-order valence-corrected chi connectivity index (χ4v) is 3.46. The van der Waals surface area contributed by atoms with Gasteiger partial charge in [-0.15, -0.1) is 0 Å². The van der Waals surface area contributed by atoms with Crippen molar-refractivity contribution in [2.24, 2.45) is 0 Å². The van der Waals surface area contributed by atoms with Crippen LogP contribution in [0.25, 0.3) is 0 Å². The number of benzene rings is 1. The van der Waals surface area contributed by atoms with Crippen molar-refractivity contribution in [3.05, 3.63) is 64.1 Å². The van der Waals surface area contributed by atoms with Gasteiger partial charge >= 0.3 is 5.97 Å². The number of carboxylic acids is 1. The summed E-state index contributed by atoms with van der Waals surface area (Å²) in [5.41, 5.74) is -0.682. The van der Waals surface area contributed by atoms with E-state index >= 15 is 0 Å². The molecule has 2 aromatic rings. The van der Waals surface area contributed by atoms with Gasteiger partial charge in [0.15, 0.2) is 0 Å². The number of aliphatic hydroxyl groups is 1. The molecule has 2 N–H and O–H groups in total. The van der Waals surface area contributed by atoms with Crippen LogP contribution >= 0.6 is 0 Å². The number of likely N-dealkylation sites (tertiary alicyclic amines) is 1. The average molecular weight is 372 g/mol. The lowest BCUT2D eigenvalue weighted by molar-refractivity contribution is -0.0264. The molecule has 1 saturated heterocycles. The summed E-state index contributed by atoms with van der Waals surface area (Å²) < 4.78 is 6.58. The number of methoxy groups -OCH3 is 1. The van der Waals surface area contributed by atoms with Gasteiger partial charge in [-0.1, -0.05) is 12.1 Å². The van der Waals surface area contributed by atoms with Crippen molar-refractivity contribution in [3.63, 3.8) is 0 Å². The second-order valence-electron chi connectivity index (χ2n) is 6.83. The number of rotatable bonds is 6. The minimum absolute atomic E-state index is 0.218. The molecular weight excluding hydrogens is 348 g/mol. The molecule has 1 aromatic heterocycles. The number of carbonyl (C=O) groups is 1. The highest BCUT2D eigenvalue weighted by Gasteiger charge is 2.33. The number of ether oxygens (including phenoxy) is 1. The smallest absolute Gasteiger partial charge is 0.341 e. The molecule has 7 nitrogen and oxygen atoms in total. The molecule has 0 radical (unpaired) electrons. The van der Waals surface area contributed by atoms with Crippen LogP contribution in [0.1, 0.15) is 28.8 Å². The van der Waals surface area contributed by atoms with Gasteiger partial charge < -0.3 is 24.4 Å².